The number of carboxylic acid groups (broad SMARTS) is 1. The van der Waals surface area contributed by atoms with E-state index in [9.17, 15) is 4.79 Å². The number of aliphatic carboxylic acids is 1. The highest BCUT2D eigenvalue weighted by Crippen LogP contribution is 1.97. The molecule has 0 saturated carbocycles. The van der Waals surface area contributed by atoms with Crippen LogP contribution >= 0.6 is 0 Å². The topological polar surface area (TPSA) is 37.3 Å². The van der Waals surface area contributed by atoms with Crippen LogP contribution in [0, 0.1) is 12.0 Å². The smallest absolute Gasteiger partial charge is 0.314 e. The number of hydrogen-bond donors (Lipinski definition) is 1. The Hall–Kier alpha value is -1.05. The van der Waals surface area contributed by atoms with Crippen LogP contribution in [0.2, 0.25) is 0 Å². The van der Waals surface area contributed by atoms with Gasteiger partial charge in [0.1, 0.15) is 0 Å². The summed E-state index contributed by atoms with van der Waals surface area (Å²) < 4.78 is 0. The monoisotopic (exact) mass is 125 g/mol. The lowest BCUT2D eigenvalue weighted by atomic mass is 10.1. The Morgan fingerprint density at radius 3 is 2.56 bits per heavy atom. The predicted octanol–water partition coefficient (Wildman–Crippen LogP) is 1.25. The molecular weight excluding hydrogens is 116 g/mol. The molecule has 2 nitrogen and oxygen atoms in total. The van der Waals surface area contributed by atoms with Crippen molar-refractivity contribution in [1.82, 2.24) is 0 Å². The zero-order valence-corrected chi connectivity index (χ0v) is 5.29. The van der Waals surface area contributed by atoms with Crippen molar-refractivity contribution in [2.75, 3.05) is 0 Å². The number of carboxylic acids is 1. The van der Waals surface area contributed by atoms with Gasteiger partial charge in [0.05, 0.1) is 5.92 Å². The summed E-state index contributed by atoms with van der Waals surface area (Å²) in [6.07, 6.45) is 5.49. The van der Waals surface area contributed by atoms with Gasteiger partial charge in [-0.3, -0.25) is 4.79 Å². The van der Waals surface area contributed by atoms with Crippen LogP contribution in [-0.4, -0.2) is 11.1 Å². The van der Waals surface area contributed by atoms with Crippen molar-refractivity contribution in [3.05, 3.63) is 24.8 Å². The molecule has 0 heterocycles. The van der Waals surface area contributed by atoms with Gasteiger partial charge >= 0.3 is 5.97 Å². The summed E-state index contributed by atoms with van der Waals surface area (Å²) in [5.41, 5.74) is 0. The first-order valence-electron chi connectivity index (χ1n) is 2.61. The average molecular weight is 125 g/mol. The van der Waals surface area contributed by atoms with Gasteiger partial charge in [-0.05, 0) is 13.0 Å². The maximum atomic E-state index is 10.2. The second-order valence-corrected chi connectivity index (χ2v) is 1.51. The van der Waals surface area contributed by atoms with E-state index in [2.05, 4.69) is 12.7 Å². The first kappa shape index (κ1) is 7.95. The lowest BCUT2D eigenvalue weighted by Crippen LogP contribution is -2.07. The van der Waals surface area contributed by atoms with Gasteiger partial charge in [-0.25, -0.2) is 0 Å². The number of rotatable bonds is 3. The highest BCUT2D eigenvalue weighted by Gasteiger charge is 2.06. The Labute approximate surface area is 54.5 Å². The van der Waals surface area contributed by atoms with E-state index in [0.29, 0.717) is 0 Å². The van der Waals surface area contributed by atoms with Crippen LogP contribution in [0.4, 0.5) is 0 Å². The molecule has 0 aliphatic carbocycles. The summed E-state index contributed by atoms with van der Waals surface area (Å²) in [4.78, 5) is 10.2. The van der Waals surface area contributed by atoms with Crippen LogP contribution in [0.15, 0.2) is 18.7 Å². The molecule has 9 heavy (non-hydrogen) atoms. The van der Waals surface area contributed by atoms with E-state index in [1.807, 2.05) is 0 Å². The van der Waals surface area contributed by atoms with Gasteiger partial charge in [0.25, 0.3) is 0 Å². The molecule has 1 unspecified atom stereocenters. The first-order valence-corrected chi connectivity index (χ1v) is 2.61. The van der Waals surface area contributed by atoms with Crippen LogP contribution in [-0.2, 0) is 4.79 Å². The van der Waals surface area contributed by atoms with Crippen molar-refractivity contribution in [2.24, 2.45) is 5.92 Å². The number of allylic oxidation sites excluding steroid dienone is 1. The van der Waals surface area contributed by atoms with Crippen molar-refractivity contribution in [1.29, 1.82) is 0 Å². The predicted molar refractivity (Wildman–Crippen MR) is 34.8 cm³/mol. The van der Waals surface area contributed by atoms with Crippen LogP contribution in [0.5, 0.6) is 0 Å². The van der Waals surface area contributed by atoms with Gasteiger partial charge in [-0.2, -0.15) is 0 Å². The minimum atomic E-state index is -0.914. The Bertz CT molecular complexity index is 136. The van der Waals surface area contributed by atoms with E-state index in [1.165, 1.54) is 6.08 Å². The maximum absolute atomic E-state index is 10.2. The molecule has 2 heteroatoms. The molecule has 0 aromatic carbocycles. The maximum Gasteiger partial charge on any atom is 0.314 e. The van der Waals surface area contributed by atoms with Gasteiger partial charge in [-0.1, -0.05) is 12.2 Å². The summed E-state index contributed by atoms with van der Waals surface area (Å²) in [6, 6.07) is 0. The Morgan fingerprint density at radius 2 is 2.44 bits per heavy atom. The molecule has 0 aliphatic rings. The van der Waals surface area contributed by atoms with Crippen LogP contribution in [0.1, 0.15) is 6.92 Å². The largest absolute Gasteiger partial charge is 0.481 e. The molecule has 1 atom stereocenters. The fraction of sp³-hybridized carbons (Fsp3) is 0.286. The average Bonchev–Trinajstić information content (AvgIpc) is 1.82. The Morgan fingerprint density at radius 1 is 1.89 bits per heavy atom. The second-order valence-electron chi connectivity index (χ2n) is 1.51. The van der Waals surface area contributed by atoms with E-state index in [4.69, 9.17) is 5.11 Å². The first-order chi connectivity index (χ1) is 4.22. The molecule has 0 spiro atoms. The molecule has 0 aromatic heterocycles. The lowest BCUT2D eigenvalue weighted by Gasteiger charge is -1.95. The van der Waals surface area contributed by atoms with Crippen LogP contribution < -0.4 is 0 Å². The molecule has 0 amide bonds. The van der Waals surface area contributed by atoms with Crippen molar-refractivity contribution in [3.63, 3.8) is 0 Å². The van der Waals surface area contributed by atoms with Crippen molar-refractivity contribution < 1.29 is 9.90 Å². The number of carbonyl (C=O) groups is 1. The summed E-state index contributed by atoms with van der Waals surface area (Å²) in [6.45, 7) is 5.06. The molecule has 0 rings (SSSR count). The minimum absolute atomic E-state index is 0.657. The zero-order valence-electron chi connectivity index (χ0n) is 5.29. The number of hydrogen-bond acceptors (Lipinski definition) is 1. The van der Waals surface area contributed by atoms with E-state index in [0.717, 1.165) is 0 Å². The molecular formula is C7H9O2. The molecule has 1 N–H and O–H groups in total. The van der Waals surface area contributed by atoms with Gasteiger partial charge < -0.3 is 5.11 Å². The third-order valence-electron chi connectivity index (χ3n) is 0.848. The third kappa shape index (κ3) is 2.69. The quantitative estimate of drug-likeness (QED) is 0.576. The standard InChI is InChI=1S/C7H9O2/c1-3-5-6(4-2)7(8)9/h3-4,6H,2H2,1H3,(H,8,9). The molecule has 0 fully saturated rings. The Balaban J connectivity index is 3.98. The molecule has 0 aromatic rings. The van der Waals surface area contributed by atoms with E-state index >= 15 is 0 Å². The SMILES string of the molecule is C=CC([C]=CC)C(=O)O. The van der Waals surface area contributed by atoms with Gasteiger partial charge in [0.15, 0.2) is 0 Å². The zero-order chi connectivity index (χ0) is 7.28. The second kappa shape index (κ2) is 3.89. The summed E-state index contributed by atoms with van der Waals surface area (Å²) >= 11 is 0. The van der Waals surface area contributed by atoms with E-state index in [1.54, 1.807) is 13.0 Å². The van der Waals surface area contributed by atoms with Gasteiger partial charge in [-0.15, -0.1) is 6.58 Å². The van der Waals surface area contributed by atoms with Crippen LogP contribution in [0.25, 0.3) is 0 Å². The van der Waals surface area contributed by atoms with Gasteiger partial charge in [0.2, 0.25) is 0 Å². The summed E-state index contributed by atoms with van der Waals surface area (Å²) in [7, 11) is 0. The van der Waals surface area contributed by atoms with Crippen molar-refractivity contribution in [3.8, 4) is 0 Å². The van der Waals surface area contributed by atoms with Crippen LogP contribution in [0.3, 0.4) is 0 Å². The fourth-order valence-electron chi connectivity index (χ4n) is 0.420. The minimum Gasteiger partial charge on any atom is -0.481 e. The molecule has 1 radical (unpaired) electrons. The third-order valence-corrected chi connectivity index (χ3v) is 0.848. The van der Waals surface area contributed by atoms with E-state index < -0.39 is 11.9 Å². The Kier molecular flexibility index (Phi) is 3.44. The van der Waals surface area contributed by atoms with E-state index in [-0.39, 0.29) is 0 Å². The molecule has 0 aliphatic heterocycles. The molecule has 49 valence electrons. The highest BCUT2D eigenvalue weighted by atomic mass is 16.4. The molecule has 0 saturated heterocycles. The molecule has 0 bridgehead atoms. The van der Waals surface area contributed by atoms with Crippen molar-refractivity contribution in [2.45, 2.75) is 6.92 Å². The lowest BCUT2D eigenvalue weighted by molar-refractivity contribution is -0.138. The summed E-state index contributed by atoms with van der Waals surface area (Å²) in [5, 5.41) is 8.35. The van der Waals surface area contributed by atoms with Crippen molar-refractivity contribution >= 4 is 5.97 Å². The summed E-state index contributed by atoms with van der Waals surface area (Å²) in [5.74, 6) is -1.57. The highest BCUT2D eigenvalue weighted by molar-refractivity contribution is 5.73. The van der Waals surface area contributed by atoms with Gasteiger partial charge in [0, 0.05) is 0 Å². The fourth-order valence-corrected chi connectivity index (χ4v) is 0.420. The normalized spacial score (nSPS) is 13.4.